The number of amides is 3. The number of hydrogen-bond acceptors (Lipinski definition) is 12. The maximum atomic E-state index is 14.2. The number of para-hydroxylation sites is 2. The zero-order valence-electron chi connectivity index (χ0n) is 44.7. The summed E-state index contributed by atoms with van der Waals surface area (Å²) in [7, 11) is 1.96. The molecule has 3 amide bonds. The molecule has 0 radical (unpaired) electrons. The van der Waals surface area contributed by atoms with Crippen LogP contribution in [0.4, 0.5) is 16.6 Å². The number of nitrogens with zero attached hydrogens (tertiary/aromatic N) is 7. The molecule has 4 aromatic carbocycles. The molecule has 1 unspecified atom stereocenters. The number of imide groups is 1. The standard InChI is InChI=1S/C61H69N9O5S/c1-37-35-69(50-20-11-18-46-54(66-67(6)56(46)50)47-27-29-53(71)64-58(47)73)34-33-68(37)31-12-13-39-22-24-41(25-23-39)42-15-10-16-43(38(42)2)44-26-28-52(63-55(44)59(74)75-61(3,4)5)70-32-30-40-14-9-17-45(48(40)36-70)57(72)65-60-62-49-19-7-8-21-51(49)76-60/h7-11,14-21,26,28,37,39,41,47H,12-13,22-25,27,29-36H2,1-6H3,(H,62,65,72)(H,64,71,73)/t37-,39?,41?,47?/m1/s1. The maximum Gasteiger partial charge on any atom is 0.358 e. The van der Waals surface area contributed by atoms with Gasteiger partial charge in [-0.2, -0.15) is 5.10 Å². The van der Waals surface area contributed by atoms with Crippen molar-refractivity contribution in [3.05, 3.63) is 130 Å². The molecule has 3 aliphatic heterocycles. The van der Waals surface area contributed by atoms with Crippen LogP contribution in [0.2, 0.25) is 0 Å². The molecule has 14 nitrogen and oxygen atoms in total. The van der Waals surface area contributed by atoms with Gasteiger partial charge in [0.1, 0.15) is 11.4 Å². The van der Waals surface area contributed by atoms with E-state index in [-0.39, 0.29) is 17.7 Å². The molecule has 6 heterocycles. The number of benzene rings is 4. The van der Waals surface area contributed by atoms with Crippen LogP contribution in [-0.2, 0) is 34.3 Å². The average molecular weight is 1040 g/mol. The van der Waals surface area contributed by atoms with Crippen molar-refractivity contribution in [3.8, 4) is 11.1 Å². The van der Waals surface area contributed by atoms with Gasteiger partial charge in [-0.05, 0) is 169 Å². The predicted molar refractivity (Wildman–Crippen MR) is 301 cm³/mol. The number of nitrogens with one attached hydrogen (secondary N) is 2. The molecule has 4 aliphatic rings. The van der Waals surface area contributed by atoms with E-state index in [0.29, 0.717) is 66.0 Å². The lowest BCUT2D eigenvalue weighted by molar-refractivity contribution is -0.134. The summed E-state index contributed by atoms with van der Waals surface area (Å²) in [5, 5.41) is 12.0. The smallest absolute Gasteiger partial charge is 0.358 e. The van der Waals surface area contributed by atoms with Crippen molar-refractivity contribution in [2.45, 2.75) is 122 Å². The number of carbonyl (C=O) groups excluding carboxylic acids is 4. The molecular weight excluding hydrogens is 971 g/mol. The molecule has 0 bridgehead atoms. The molecule has 394 valence electrons. The largest absolute Gasteiger partial charge is 0.455 e. The summed E-state index contributed by atoms with van der Waals surface area (Å²) in [5.74, 6) is 0.281. The van der Waals surface area contributed by atoms with E-state index in [4.69, 9.17) is 14.8 Å². The number of aromatic nitrogens is 4. The van der Waals surface area contributed by atoms with Gasteiger partial charge in [-0.1, -0.05) is 65.9 Å². The Balaban J connectivity index is 0.725. The van der Waals surface area contributed by atoms with Crippen LogP contribution >= 0.6 is 11.3 Å². The highest BCUT2D eigenvalue weighted by molar-refractivity contribution is 7.22. The number of rotatable bonds is 12. The summed E-state index contributed by atoms with van der Waals surface area (Å²) in [6.45, 7) is 15.3. The fourth-order valence-corrected chi connectivity index (χ4v) is 13.4. The first kappa shape index (κ1) is 51.2. The van der Waals surface area contributed by atoms with E-state index < -0.39 is 17.5 Å². The quantitative estimate of drug-likeness (QED) is 0.0887. The fraction of sp³-hybridized carbons (Fsp3) is 0.426. The molecule has 1 saturated carbocycles. The van der Waals surface area contributed by atoms with Gasteiger partial charge in [0.05, 0.1) is 33.0 Å². The van der Waals surface area contributed by atoms with E-state index in [1.807, 2.05) is 81.0 Å². The normalized spacial score (nSPS) is 20.4. The van der Waals surface area contributed by atoms with Gasteiger partial charge in [-0.3, -0.25) is 34.6 Å². The first-order valence-corrected chi connectivity index (χ1v) is 28.1. The van der Waals surface area contributed by atoms with Crippen LogP contribution in [0, 0.1) is 12.8 Å². The third-order valence-electron chi connectivity index (χ3n) is 16.4. The molecule has 11 rings (SSSR count). The summed E-state index contributed by atoms with van der Waals surface area (Å²) >= 11 is 1.46. The minimum atomic E-state index is -0.713. The molecule has 15 heteroatoms. The van der Waals surface area contributed by atoms with Crippen molar-refractivity contribution in [1.82, 2.24) is 30.0 Å². The second kappa shape index (κ2) is 21.2. The Morgan fingerprint density at radius 2 is 1.64 bits per heavy atom. The van der Waals surface area contributed by atoms with Crippen LogP contribution in [0.25, 0.3) is 32.2 Å². The molecule has 7 aromatic rings. The highest BCUT2D eigenvalue weighted by atomic mass is 32.1. The van der Waals surface area contributed by atoms with Gasteiger partial charge < -0.3 is 14.5 Å². The minimum absolute atomic E-state index is 0.195. The summed E-state index contributed by atoms with van der Waals surface area (Å²) in [5.41, 5.74) is 10.4. The molecule has 2 N–H and O–H groups in total. The van der Waals surface area contributed by atoms with Crippen molar-refractivity contribution in [2.24, 2.45) is 13.0 Å². The van der Waals surface area contributed by atoms with E-state index in [1.54, 1.807) is 0 Å². The Hall–Kier alpha value is -6.97. The number of ether oxygens (including phenoxy) is 1. The van der Waals surface area contributed by atoms with Crippen LogP contribution < -0.4 is 20.4 Å². The lowest BCUT2D eigenvalue weighted by Crippen LogP contribution is -2.52. The third kappa shape index (κ3) is 10.5. The number of esters is 1. The Morgan fingerprint density at radius 1 is 0.842 bits per heavy atom. The number of pyridine rings is 1. The van der Waals surface area contributed by atoms with Crippen molar-refractivity contribution < 1.29 is 23.9 Å². The van der Waals surface area contributed by atoms with Crippen LogP contribution in [0.1, 0.15) is 140 Å². The van der Waals surface area contributed by atoms with Gasteiger partial charge in [-0.25, -0.2) is 14.8 Å². The second-order valence-corrected chi connectivity index (χ2v) is 23.6. The Kier molecular flexibility index (Phi) is 14.3. The number of piperazine rings is 1. The van der Waals surface area contributed by atoms with Gasteiger partial charge in [-0.15, -0.1) is 0 Å². The topological polar surface area (TPSA) is 155 Å². The van der Waals surface area contributed by atoms with Crippen LogP contribution in [0.15, 0.2) is 91.0 Å². The van der Waals surface area contributed by atoms with Crippen LogP contribution in [0.3, 0.4) is 0 Å². The monoisotopic (exact) mass is 1040 g/mol. The highest BCUT2D eigenvalue weighted by Crippen LogP contribution is 2.42. The first-order valence-electron chi connectivity index (χ1n) is 27.3. The number of hydrogen-bond donors (Lipinski definition) is 2. The van der Waals surface area contributed by atoms with E-state index in [0.717, 1.165) is 100 Å². The first-order chi connectivity index (χ1) is 36.7. The molecule has 2 atom stereocenters. The third-order valence-corrected chi connectivity index (χ3v) is 17.3. The Morgan fingerprint density at radius 3 is 2.43 bits per heavy atom. The van der Waals surface area contributed by atoms with Crippen molar-refractivity contribution >= 4 is 72.8 Å². The summed E-state index contributed by atoms with van der Waals surface area (Å²) in [6, 6.07) is 31.1. The average Bonchev–Trinajstić information content (AvgIpc) is 4.01. The van der Waals surface area contributed by atoms with Crippen LogP contribution in [0.5, 0.6) is 0 Å². The SMILES string of the molecule is Cc1c(-c2ccc(N3CCc4cccc(C(=O)Nc5nc6ccccc6s5)c4C3)nc2C(=O)OC(C)(C)C)cccc1C1CCC(CCCN2CCN(c3cccc4c(C5CCC(=O)NC5=O)nn(C)c34)C[C@H]2C)CC1. The van der Waals surface area contributed by atoms with Crippen LogP contribution in [-0.4, -0.2) is 92.7 Å². The second-order valence-electron chi connectivity index (χ2n) is 22.5. The van der Waals surface area contributed by atoms with E-state index in [1.165, 1.54) is 48.1 Å². The Bertz CT molecular complexity index is 3330. The summed E-state index contributed by atoms with van der Waals surface area (Å²) in [6.07, 6.45) is 8.65. The van der Waals surface area contributed by atoms with Gasteiger partial charge >= 0.3 is 5.97 Å². The van der Waals surface area contributed by atoms with Gasteiger partial charge in [0.25, 0.3) is 5.91 Å². The highest BCUT2D eigenvalue weighted by Gasteiger charge is 2.34. The zero-order chi connectivity index (χ0) is 52.8. The van der Waals surface area contributed by atoms with Gasteiger partial charge in [0.2, 0.25) is 11.8 Å². The summed E-state index contributed by atoms with van der Waals surface area (Å²) < 4.78 is 8.98. The molecule has 3 fully saturated rings. The fourth-order valence-electron chi connectivity index (χ4n) is 12.5. The predicted octanol–water partition coefficient (Wildman–Crippen LogP) is 11.1. The van der Waals surface area contributed by atoms with Gasteiger partial charge in [0, 0.05) is 68.7 Å². The molecule has 3 aromatic heterocycles. The molecule has 0 spiro atoms. The zero-order valence-corrected chi connectivity index (χ0v) is 45.5. The molecule has 2 saturated heterocycles. The summed E-state index contributed by atoms with van der Waals surface area (Å²) in [4.78, 5) is 69.8. The lowest BCUT2D eigenvalue weighted by atomic mass is 9.75. The molecule has 76 heavy (non-hydrogen) atoms. The maximum absolute atomic E-state index is 14.2. The van der Waals surface area contributed by atoms with Gasteiger partial charge in [0.15, 0.2) is 10.8 Å². The number of aryl methyl sites for hydroxylation is 1. The molecular formula is C61H69N9O5S. The number of piperidine rings is 1. The number of thiazole rings is 1. The van der Waals surface area contributed by atoms with Crippen molar-refractivity contribution in [2.75, 3.05) is 47.8 Å². The minimum Gasteiger partial charge on any atom is -0.455 e. The van der Waals surface area contributed by atoms with E-state index in [9.17, 15) is 19.2 Å². The lowest BCUT2D eigenvalue weighted by Gasteiger charge is -2.41. The van der Waals surface area contributed by atoms with E-state index >= 15 is 0 Å². The number of carbonyl (C=O) groups is 4. The van der Waals surface area contributed by atoms with Crippen molar-refractivity contribution in [1.29, 1.82) is 0 Å². The number of fused-ring (bicyclic) bond motifs is 3. The molecule has 1 aliphatic carbocycles. The Labute approximate surface area is 449 Å². The number of anilines is 3. The van der Waals surface area contributed by atoms with E-state index in [2.05, 4.69) is 86.6 Å². The van der Waals surface area contributed by atoms with Crippen molar-refractivity contribution in [3.63, 3.8) is 0 Å².